The predicted molar refractivity (Wildman–Crippen MR) is 104 cm³/mol. The van der Waals surface area contributed by atoms with Crippen LogP contribution in [0, 0.1) is 11.8 Å². The molecule has 0 bridgehead atoms. The molecular formula is C21H33N3O3. The van der Waals surface area contributed by atoms with Crippen LogP contribution in [0.25, 0.3) is 0 Å². The SMILES string of the molecule is COC1(c2ccnc(C(N)=O)c2)C(C)CCCC1CN(C)C[C@@H]1CCCO1. The Hall–Kier alpha value is -1.50. The molecule has 1 aliphatic heterocycles. The van der Waals surface area contributed by atoms with Crippen LogP contribution >= 0.6 is 0 Å². The number of carbonyl (C=O) groups is 1. The Morgan fingerprint density at radius 1 is 1.37 bits per heavy atom. The zero-order valence-corrected chi connectivity index (χ0v) is 16.8. The maximum atomic E-state index is 11.7. The second-order valence-electron chi connectivity index (χ2n) is 8.18. The lowest BCUT2D eigenvalue weighted by Crippen LogP contribution is -2.50. The summed E-state index contributed by atoms with van der Waals surface area (Å²) < 4.78 is 12.1. The van der Waals surface area contributed by atoms with Crippen LogP contribution < -0.4 is 5.73 Å². The number of ether oxygens (including phenoxy) is 2. The van der Waals surface area contributed by atoms with Crippen LogP contribution in [0.1, 0.15) is 55.1 Å². The minimum Gasteiger partial charge on any atom is -0.377 e. The van der Waals surface area contributed by atoms with E-state index in [9.17, 15) is 4.79 Å². The van der Waals surface area contributed by atoms with E-state index in [1.807, 2.05) is 12.1 Å². The van der Waals surface area contributed by atoms with Gasteiger partial charge in [-0.15, -0.1) is 0 Å². The van der Waals surface area contributed by atoms with Crippen LogP contribution in [0.3, 0.4) is 0 Å². The van der Waals surface area contributed by atoms with E-state index in [1.165, 1.54) is 6.42 Å². The predicted octanol–water partition coefficient (Wildman–Crippen LogP) is 2.57. The summed E-state index contributed by atoms with van der Waals surface area (Å²) in [6, 6.07) is 3.80. The largest absolute Gasteiger partial charge is 0.377 e. The number of primary amides is 1. The van der Waals surface area contributed by atoms with E-state index in [2.05, 4.69) is 23.9 Å². The molecule has 0 spiro atoms. The molecule has 3 unspecified atom stereocenters. The molecule has 2 N–H and O–H groups in total. The average Bonchev–Trinajstić information content (AvgIpc) is 3.15. The molecule has 1 aromatic heterocycles. The first kappa shape index (κ1) is 20.2. The fourth-order valence-corrected chi connectivity index (χ4v) is 5.13. The summed E-state index contributed by atoms with van der Waals surface area (Å²) in [4.78, 5) is 18.2. The van der Waals surface area contributed by atoms with Crippen molar-refractivity contribution >= 4 is 5.91 Å². The van der Waals surface area contributed by atoms with Gasteiger partial charge in [0, 0.05) is 38.9 Å². The number of carbonyl (C=O) groups excluding carboxylic acids is 1. The molecule has 2 fully saturated rings. The lowest BCUT2D eigenvalue weighted by molar-refractivity contribution is -0.132. The fourth-order valence-electron chi connectivity index (χ4n) is 5.13. The standard InChI is InChI=1S/C21H33N3O3/c1-15-6-4-7-17(13-24(2)14-18-8-5-11-27-18)21(15,26-3)16-9-10-23-19(12-16)20(22)25/h9-10,12,15,17-18H,4-8,11,13-14H2,1-3H3,(H2,22,25)/t15?,17?,18-,21?/m0/s1. The van der Waals surface area contributed by atoms with Crippen LogP contribution in [-0.2, 0) is 15.1 Å². The number of amides is 1. The average molecular weight is 376 g/mol. The molecule has 4 atom stereocenters. The Bertz CT molecular complexity index is 647. The summed E-state index contributed by atoms with van der Waals surface area (Å²) in [7, 11) is 3.96. The Balaban J connectivity index is 1.86. The second-order valence-corrected chi connectivity index (χ2v) is 8.18. The number of aromatic nitrogens is 1. The first-order valence-electron chi connectivity index (χ1n) is 10.1. The smallest absolute Gasteiger partial charge is 0.267 e. The van der Waals surface area contributed by atoms with Crippen molar-refractivity contribution in [1.29, 1.82) is 0 Å². The van der Waals surface area contributed by atoms with Crippen LogP contribution in [0.4, 0.5) is 0 Å². The summed E-state index contributed by atoms with van der Waals surface area (Å²) in [5, 5.41) is 0. The third kappa shape index (κ3) is 4.18. The summed E-state index contributed by atoms with van der Waals surface area (Å²) in [5.74, 6) is 0.180. The number of likely N-dealkylation sites (N-methyl/N-ethyl adjacent to an activating group) is 1. The zero-order chi connectivity index (χ0) is 19.4. The summed E-state index contributed by atoms with van der Waals surface area (Å²) in [5.41, 5.74) is 6.35. The molecule has 6 heteroatoms. The second kappa shape index (κ2) is 8.67. The number of hydrogen-bond acceptors (Lipinski definition) is 5. The van der Waals surface area contributed by atoms with Gasteiger partial charge in [0.25, 0.3) is 5.91 Å². The van der Waals surface area contributed by atoms with Gasteiger partial charge in [-0.3, -0.25) is 9.78 Å². The molecule has 1 aromatic rings. The molecule has 6 nitrogen and oxygen atoms in total. The molecule has 1 amide bonds. The molecule has 27 heavy (non-hydrogen) atoms. The molecule has 2 heterocycles. The highest BCUT2D eigenvalue weighted by molar-refractivity contribution is 5.90. The van der Waals surface area contributed by atoms with Crippen LogP contribution in [0.2, 0.25) is 0 Å². The molecule has 1 saturated carbocycles. The van der Waals surface area contributed by atoms with Gasteiger partial charge in [-0.25, -0.2) is 0 Å². The lowest BCUT2D eigenvalue weighted by atomic mass is 9.65. The van der Waals surface area contributed by atoms with Gasteiger partial charge in [-0.2, -0.15) is 0 Å². The lowest BCUT2D eigenvalue weighted by Gasteiger charge is -2.49. The van der Waals surface area contributed by atoms with Crippen molar-refractivity contribution in [3.8, 4) is 0 Å². The Morgan fingerprint density at radius 3 is 2.85 bits per heavy atom. The van der Waals surface area contributed by atoms with Crippen LogP contribution in [0.5, 0.6) is 0 Å². The van der Waals surface area contributed by atoms with Gasteiger partial charge < -0.3 is 20.1 Å². The van der Waals surface area contributed by atoms with Gasteiger partial charge in [-0.1, -0.05) is 13.3 Å². The maximum absolute atomic E-state index is 11.7. The number of methoxy groups -OCH3 is 1. The van der Waals surface area contributed by atoms with Crippen molar-refractivity contribution in [3.63, 3.8) is 0 Å². The fraction of sp³-hybridized carbons (Fsp3) is 0.714. The minimum absolute atomic E-state index is 0.299. The molecular weight excluding hydrogens is 342 g/mol. The first-order valence-corrected chi connectivity index (χ1v) is 10.1. The van der Waals surface area contributed by atoms with E-state index in [1.54, 1.807) is 13.3 Å². The monoisotopic (exact) mass is 375 g/mol. The number of nitrogens with zero attached hydrogens (tertiary/aromatic N) is 2. The van der Waals surface area contributed by atoms with Crippen molar-refractivity contribution in [2.24, 2.45) is 17.6 Å². The third-order valence-electron chi connectivity index (χ3n) is 6.40. The quantitative estimate of drug-likeness (QED) is 0.792. The van der Waals surface area contributed by atoms with E-state index >= 15 is 0 Å². The van der Waals surface area contributed by atoms with Gasteiger partial charge in [-0.05, 0) is 56.3 Å². The van der Waals surface area contributed by atoms with E-state index in [-0.39, 0.29) is 0 Å². The van der Waals surface area contributed by atoms with Gasteiger partial charge in [0.05, 0.1) is 11.7 Å². The molecule has 1 saturated heterocycles. The molecule has 3 rings (SSSR count). The highest BCUT2D eigenvalue weighted by atomic mass is 16.5. The topological polar surface area (TPSA) is 77.7 Å². The number of hydrogen-bond donors (Lipinski definition) is 1. The first-order chi connectivity index (χ1) is 13.0. The number of rotatable bonds is 7. The Kier molecular flexibility index (Phi) is 6.50. The van der Waals surface area contributed by atoms with E-state index < -0.39 is 11.5 Å². The molecule has 1 aliphatic carbocycles. The minimum atomic E-state index is -0.501. The molecule has 150 valence electrons. The van der Waals surface area contributed by atoms with Crippen molar-refractivity contribution < 1.29 is 14.3 Å². The third-order valence-corrected chi connectivity index (χ3v) is 6.40. The normalized spacial score (nSPS) is 31.3. The summed E-state index contributed by atoms with van der Waals surface area (Å²) >= 11 is 0. The molecule has 2 aliphatic rings. The summed E-state index contributed by atoms with van der Waals surface area (Å²) in [6.07, 6.45) is 7.72. The zero-order valence-electron chi connectivity index (χ0n) is 16.8. The number of pyridine rings is 1. The van der Waals surface area contributed by atoms with Gasteiger partial charge in [0.1, 0.15) is 5.69 Å². The number of nitrogens with two attached hydrogens (primary N) is 1. The van der Waals surface area contributed by atoms with E-state index in [0.29, 0.717) is 23.6 Å². The highest BCUT2D eigenvalue weighted by Crippen LogP contribution is 2.48. The van der Waals surface area contributed by atoms with E-state index in [4.69, 9.17) is 15.2 Å². The summed E-state index contributed by atoms with van der Waals surface area (Å²) in [6.45, 7) is 5.02. The van der Waals surface area contributed by atoms with Crippen molar-refractivity contribution in [3.05, 3.63) is 29.6 Å². The van der Waals surface area contributed by atoms with Crippen molar-refractivity contribution in [2.45, 2.75) is 50.7 Å². The Labute approximate surface area is 162 Å². The molecule has 0 aromatic carbocycles. The molecule has 0 radical (unpaired) electrons. The maximum Gasteiger partial charge on any atom is 0.267 e. The van der Waals surface area contributed by atoms with E-state index in [0.717, 1.165) is 50.9 Å². The van der Waals surface area contributed by atoms with Crippen LogP contribution in [0.15, 0.2) is 18.3 Å². The Morgan fingerprint density at radius 2 is 2.19 bits per heavy atom. The van der Waals surface area contributed by atoms with Gasteiger partial charge in [0.2, 0.25) is 0 Å². The van der Waals surface area contributed by atoms with Crippen molar-refractivity contribution in [1.82, 2.24) is 9.88 Å². The van der Waals surface area contributed by atoms with Crippen molar-refractivity contribution in [2.75, 3.05) is 33.9 Å². The van der Waals surface area contributed by atoms with Crippen LogP contribution in [-0.4, -0.2) is 55.7 Å². The van der Waals surface area contributed by atoms with Gasteiger partial charge >= 0.3 is 0 Å². The van der Waals surface area contributed by atoms with Gasteiger partial charge in [0.15, 0.2) is 0 Å². The highest BCUT2D eigenvalue weighted by Gasteiger charge is 2.48.